The zero-order valence-corrected chi connectivity index (χ0v) is 5.22. The molecule has 0 spiro atoms. The summed E-state index contributed by atoms with van der Waals surface area (Å²) < 4.78 is 27.7. The van der Waals surface area contributed by atoms with Crippen molar-refractivity contribution in [2.45, 2.75) is 13.0 Å². The van der Waals surface area contributed by atoms with Crippen LogP contribution < -0.4 is 0 Å². The molecule has 0 saturated carbocycles. The fourth-order valence-corrected chi connectivity index (χ4v) is 0.914. The first-order valence-electron chi connectivity index (χ1n) is 2.05. The van der Waals surface area contributed by atoms with Gasteiger partial charge >= 0.3 is 29.6 Å². The minimum atomic E-state index is -3.97. The van der Waals surface area contributed by atoms with Crippen molar-refractivity contribution in [2.24, 2.45) is 0 Å². The molecule has 1 atom stereocenters. The zero-order chi connectivity index (χ0) is 6.78. The van der Waals surface area contributed by atoms with Gasteiger partial charge in [-0.2, -0.15) is 8.42 Å². The Hall–Kier alpha value is 0.870. The predicted molar refractivity (Wildman–Crippen MR) is 35.2 cm³/mol. The first kappa shape index (κ1) is 12.5. The molecule has 0 fully saturated rings. The van der Waals surface area contributed by atoms with Crippen LogP contribution in [0.1, 0.15) is 6.92 Å². The van der Waals surface area contributed by atoms with Crippen LogP contribution in [0.5, 0.6) is 0 Å². The molecule has 0 aliphatic rings. The summed E-state index contributed by atoms with van der Waals surface area (Å²) in [6, 6.07) is 0. The third-order valence-corrected chi connectivity index (χ3v) is 1.36. The molecular weight excluding hydrogens is 155 g/mol. The zero-order valence-electron chi connectivity index (χ0n) is 4.40. The molecule has 0 aromatic rings. The molecular formula is C3H9NaO4S. The first-order chi connectivity index (χ1) is 3.42. The van der Waals surface area contributed by atoms with Gasteiger partial charge in [0.1, 0.15) is 5.75 Å². The van der Waals surface area contributed by atoms with E-state index in [4.69, 9.17) is 9.66 Å². The summed E-state index contributed by atoms with van der Waals surface area (Å²) >= 11 is 0. The van der Waals surface area contributed by atoms with Crippen LogP contribution >= 0.6 is 0 Å². The fourth-order valence-electron chi connectivity index (χ4n) is 0.305. The fraction of sp³-hybridized carbons (Fsp3) is 1.00. The van der Waals surface area contributed by atoms with Gasteiger partial charge in [0.05, 0.1) is 6.10 Å². The third-order valence-electron chi connectivity index (χ3n) is 0.452. The van der Waals surface area contributed by atoms with Crippen LogP contribution in [0, 0.1) is 0 Å². The Bertz CT molecular complexity index is 149. The molecule has 0 aromatic heterocycles. The monoisotopic (exact) mass is 164 g/mol. The Morgan fingerprint density at radius 3 is 1.89 bits per heavy atom. The van der Waals surface area contributed by atoms with Crippen LogP contribution in [0.3, 0.4) is 0 Å². The van der Waals surface area contributed by atoms with Gasteiger partial charge in [0, 0.05) is 0 Å². The Labute approximate surface area is 76.3 Å². The molecule has 0 aliphatic heterocycles. The molecule has 0 saturated heterocycles. The van der Waals surface area contributed by atoms with Crippen molar-refractivity contribution >= 4 is 39.7 Å². The van der Waals surface area contributed by atoms with Crippen molar-refractivity contribution < 1.29 is 18.1 Å². The van der Waals surface area contributed by atoms with Gasteiger partial charge in [-0.1, -0.05) is 0 Å². The van der Waals surface area contributed by atoms with Gasteiger partial charge in [-0.25, -0.2) is 0 Å². The quantitative estimate of drug-likeness (QED) is 0.389. The van der Waals surface area contributed by atoms with Crippen molar-refractivity contribution in [1.29, 1.82) is 0 Å². The second-order valence-corrected chi connectivity index (χ2v) is 3.09. The van der Waals surface area contributed by atoms with Crippen LogP contribution in [0.2, 0.25) is 0 Å². The number of hydrogen-bond donors (Lipinski definition) is 2. The van der Waals surface area contributed by atoms with E-state index in [-0.39, 0.29) is 29.6 Å². The molecule has 52 valence electrons. The summed E-state index contributed by atoms with van der Waals surface area (Å²) in [5.74, 6) is -0.590. The molecule has 2 N–H and O–H groups in total. The summed E-state index contributed by atoms with van der Waals surface area (Å²) in [4.78, 5) is 0. The van der Waals surface area contributed by atoms with Gasteiger partial charge in [0.25, 0.3) is 10.1 Å². The van der Waals surface area contributed by atoms with Gasteiger partial charge in [-0.05, 0) is 6.92 Å². The van der Waals surface area contributed by atoms with Crippen molar-refractivity contribution in [3.63, 3.8) is 0 Å². The molecule has 0 bridgehead atoms. The van der Waals surface area contributed by atoms with Crippen LogP contribution in [0.25, 0.3) is 0 Å². The summed E-state index contributed by atoms with van der Waals surface area (Å²) in [6.45, 7) is 1.29. The molecule has 6 heteroatoms. The Morgan fingerprint density at radius 2 is 1.89 bits per heavy atom. The van der Waals surface area contributed by atoms with Crippen molar-refractivity contribution in [1.82, 2.24) is 0 Å². The van der Waals surface area contributed by atoms with Crippen LogP contribution in [-0.2, 0) is 10.1 Å². The maximum absolute atomic E-state index is 9.84. The molecule has 0 rings (SSSR count). The van der Waals surface area contributed by atoms with E-state index in [1.807, 2.05) is 0 Å². The summed E-state index contributed by atoms with van der Waals surface area (Å²) in [5, 5.41) is 8.35. The Morgan fingerprint density at radius 1 is 1.56 bits per heavy atom. The van der Waals surface area contributed by atoms with E-state index in [2.05, 4.69) is 0 Å². The van der Waals surface area contributed by atoms with E-state index < -0.39 is 22.0 Å². The van der Waals surface area contributed by atoms with E-state index in [9.17, 15) is 8.42 Å². The average molecular weight is 164 g/mol. The van der Waals surface area contributed by atoms with Crippen LogP contribution in [-0.4, -0.2) is 59.5 Å². The molecule has 1 unspecified atom stereocenters. The van der Waals surface area contributed by atoms with Gasteiger partial charge < -0.3 is 5.11 Å². The van der Waals surface area contributed by atoms with Crippen LogP contribution in [0.15, 0.2) is 0 Å². The van der Waals surface area contributed by atoms with Crippen molar-refractivity contribution in [2.75, 3.05) is 5.75 Å². The number of aliphatic hydroxyl groups excluding tert-OH is 1. The normalized spacial score (nSPS) is 14.1. The number of hydrogen-bond acceptors (Lipinski definition) is 3. The van der Waals surface area contributed by atoms with E-state index in [1.165, 1.54) is 6.92 Å². The van der Waals surface area contributed by atoms with Crippen molar-refractivity contribution in [3.05, 3.63) is 0 Å². The molecule has 0 radical (unpaired) electrons. The van der Waals surface area contributed by atoms with Gasteiger partial charge in [-0.15, -0.1) is 0 Å². The summed E-state index contributed by atoms with van der Waals surface area (Å²) in [7, 11) is -3.97. The number of rotatable bonds is 2. The molecule has 0 aromatic carbocycles. The van der Waals surface area contributed by atoms with Gasteiger partial charge in [0.2, 0.25) is 0 Å². The Kier molecular flexibility index (Phi) is 6.48. The van der Waals surface area contributed by atoms with Gasteiger partial charge in [-0.3, -0.25) is 4.55 Å². The Balaban J connectivity index is 0. The minimum absolute atomic E-state index is 0. The topological polar surface area (TPSA) is 74.6 Å². The molecule has 9 heavy (non-hydrogen) atoms. The average Bonchev–Trinajstić information content (AvgIpc) is 1.21. The third kappa shape index (κ3) is 12.1. The first-order valence-corrected chi connectivity index (χ1v) is 3.66. The van der Waals surface area contributed by atoms with E-state index >= 15 is 0 Å². The number of aliphatic hydroxyl groups is 1. The van der Waals surface area contributed by atoms with Crippen molar-refractivity contribution in [3.8, 4) is 0 Å². The van der Waals surface area contributed by atoms with E-state index in [0.29, 0.717) is 0 Å². The van der Waals surface area contributed by atoms with Crippen LogP contribution in [0.4, 0.5) is 0 Å². The second kappa shape index (κ2) is 4.65. The van der Waals surface area contributed by atoms with E-state index in [1.54, 1.807) is 0 Å². The summed E-state index contributed by atoms with van der Waals surface area (Å²) in [5.41, 5.74) is 0. The predicted octanol–water partition coefficient (Wildman–Crippen LogP) is -1.39. The molecule has 4 nitrogen and oxygen atoms in total. The maximum atomic E-state index is 9.84. The summed E-state index contributed by atoms with van der Waals surface area (Å²) in [6.07, 6.45) is -0.995. The van der Waals surface area contributed by atoms with Gasteiger partial charge in [0.15, 0.2) is 0 Å². The molecule has 0 aliphatic carbocycles. The second-order valence-electron chi connectivity index (χ2n) is 1.60. The van der Waals surface area contributed by atoms with E-state index in [0.717, 1.165) is 0 Å². The molecule has 0 heterocycles. The SMILES string of the molecule is CC(O)CS(=O)(=O)O.[NaH]. The molecule has 0 amide bonds. The standard InChI is InChI=1S/C3H8O4S.Na.H/c1-3(4)2-8(5,6)7;;/h3-4H,2H2,1H3,(H,5,6,7);;.